The molecule has 3 unspecified atom stereocenters. The second-order valence-electron chi connectivity index (χ2n) is 6.22. The Morgan fingerprint density at radius 1 is 1.26 bits per heavy atom. The fraction of sp³-hybridized carbons (Fsp3) is 0.857. The Labute approximate surface area is 114 Å². The van der Waals surface area contributed by atoms with Crippen molar-refractivity contribution in [2.24, 2.45) is 17.6 Å². The number of rotatable bonds is 3. The van der Waals surface area contributed by atoms with Gasteiger partial charge in [0.15, 0.2) is 0 Å². The molecule has 0 spiro atoms. The van der Waals surface area contributed by atoms with Gasteiger partial charge >= 0.3 is 5.97 Å². The van der Waals surface area contributed by atoms with E-state index in [0.29, 0.717) is 12.3 Å². The molecule has 1 amide bonds. The van der Waals surface area contributed by atoms with Gasteiger partial charge in [-0.2, -0.15) is 0 Å². The molecule has 4 atom stereocenters. The number of likely N-dealkylation sites (tertiary alicyclic amines) is 1. The highest BCUT2D eigenvalue weighted by Crippen LogP contribution is 2.40. The number of fused-ring (bicyclic) bond motifs is 1. The molecule has 1 saturated heterocycles. The molecule has 2 aliphatic rings. The maximum atomic E-state index is 12.5. The highest BCUT2D eigenvalue weighted by molar-refractivity contribution is 5.88. The van der Waals surface area contributed by atoms with Gasteiger partial charge in [0.05, 0.1) is 6.04 Å². The van der Waals surface area contributed by atoms with Crippen LogP contribution in [-0.4, -0.2) is 40.0 Å². The van der Waals surface area contributed by atoms with E-state index in [1.54, 1.807) is 4.90 Å². The molecule has 3 N–H and O–H groups in total. The second kappa shape index (κ2) is 5.49. The van der Waals surface area contributed by atoms with Crippen LogP contribution in [0.3, 0.4) is 0 Å². The molecule has 108 valence electrons. The van der Waals surface area contributed by atoms with E-state index in [4.69, 9.17) is 5.73 Å². The van der Waals surface area contributed by atoms with E-state index in [9.17, 15) is 14.7 Å². The molecule has 0 aromatic heterocycles. The third-order valence-corrected chi connectivity index (χ3v) is 4.63. The first-order valence-electron chi connectivity index (χ1n) is 7.24. The van der Waals surface area contributed by atoms with E-state index in [1.807, 2.05) is 13.8 Å². The molecule has 1 saturated carbocycles. The SMILES string of the molecule is CC(C)[C@@H](N)C(=O)N1C(C(=O)O)CC2CCCCC21. The Morgan fingerprint density at radius 3 is 2.47 bits per heavy atom. The highest BCUT2D eigenvalue weighted by Gasteiger charge is 2.48. The average Bonchev–Trinajstić information content (AvgIpc) is 2.76. The number of nitrogens with zero attached hydrogens (tertiary/aromatic N) is 1. The van der Waals surface area contributed by atoms with Crippen LogP contribution in [-0.2, 0) is 9.59 Å². The van der Waals surface area contributed by atoms with E-state index in [-0.39, 0.29) is 17.9 Å². The van der Waals surface area contributed by atoms with E-state index in [2.05, 4.69) is 0 Å². The molecule has 0 aromatic carbocycles. The Bertz CT molecular complexity index is 370. The second-order valence-corrected chi connectivity index (χ2v) is 6.22. The van der Waals surface area contributed by atoms with Crippen molar-refractivity contribution in [1.82, 2.24) is 4.90 Å². The van der Waals surface area contributed by atoms with Crippen molar-refractivity contribution < 1.29 is 14.7 Å². The predicted octanol–water partition coefficient (Wildman–Crippen LogP) is 1.21. The largest absolute Gasteiger partial charge is 0.480 e. The molecule has 1 aliphatic heterocycles. The lowest BCUT2D eigenvalue weighted by Crippen LogP contribution is -2.54. The van der Waals surface area contributed by atoms with Crippen LogP contribution in [0.25, 0.3) is 0 Å². The number of hydrogen-bond donors (Lipinski definition) is 2. The van der Waals surface area contributed by atoms with Crippen molar-refractivity contribution in [3.63, 3.8) is 0 Å². The first kappa shape index (κ1) is 14.3. The summed E-state index contributed by atoms with van der Waals surface area (Å²) < 4.78 is 0. The zero-order chi connectivity index (χ0) is 14.2. The lowest BCUT2D eigenvalue weighted by Gasteiger charge is -2.35. The first-order valence-corrected chi connectivity index (χ1v) is 7.24. The van der Waals surface area contributed by atoms with Gasteiger partial charge in [-0.05, 0) is 31.1 Å². The Balaban J connectivity index is 2.22. The smallest absolute Gasteiger partial charge is 0.326 e. The fourth-order valence-corrected chi connectivity index (χ4v) is 3.45. The zero-order valence-corrected chi connectivity index (χ0v) is 11.7. The lowest BCUT2D eigenvalue weighted by molar-refractivity contribution is -0.150. The quantitative estimate of drug-likeness (QED) is 0.806. The topological polar surface area (TPSA) is 83.6 Å². The lowest BCUT2D eigenvalue weighted by atomic mass is 9.84. The third kappa shape index (κ3) is 2.61. The van der Waals surface area contributed by atoms with Gasteiger partial charge in [0.2, 0.25) is 5.91 Å². The number of carbonyl (C=O) groups is 2. The third-order valence-electron chi connectivity index (χ3n) is 4.63. The van der Waals surface area contributed by atoms with Gasteiger partial charge in [-0.25, -0.2) is 4.79 Å². The van der Waals surface area contributed by atoms with Crippen LogP contribution in [0.1, 0.15) is 46.0 Å². The fourth-order valence-electron chi connectivity index (χ4n) is 3.45. The Kier molecular flexibility index (Phi) is 4.13. The summed E-state index contributed by atoms with van der Waals surface area (Å²) in [6, 6.07) is -1.18. The van der Waals surface area contributed by atoms with Crippen LogP contribution in [0, 0.1) is 11.8 Å². The molecule has 0 radical (unpaired) electrons. The number of carbonyl (C=O) groups excluding carboxylic acids is 1. The molecule has 2 fully saturated rings. The van der Waals surface area contributed by atoms with E-state index in [0.717, 1.165) is 25.7 Å². The summed E-state index contributed by atoms with van der Waals surface area (Å²) >= 11 is 0. The number of nitrogens with two attached hydrogens (primary N) is 1. The molecular formula is C14H24N2O3. The van der Waals surface area contributed by atoms with Crippen LogP contribution >= 0.6 is 0 Å². The van der Waals surface area contributed by atoms with Crippen molar-refractivity contribution >= 4 is 11.9 Å². The number of amides is 1. The molecule has 1 heterocycles. The van der Waals surface area contributed by atoms with Crippen LogP contribution in [0.2, 0.25) is 0 Å². The van der Waals surface area contributed by atoms with E-state index >= 15 is 0 Å². The maximum Gasteiger partial charge on any atom is 0.326 e. The molecule has 1 aliphatic carbocycles. The first-order chi connectivity index (χ1) is 8.93. The normalized spacial score (nSPS) is 32.2. The van der Waals surface area contributed by atoms with Crippen LogP contribution in [0.5, 0.6) is 0 Å². The monoisotopic (exact) mass is 268 g/mol. The average molecular weight is 268 g/mol. The minimum Gasteiger partial charge on any atom is -0.480 e. The Morgan fingerprint density at radius 2 is 1.89 bits per heavy atom. The van der Waals surface area contributed by atoms with Crippen molar-refractivity contribution in [3.05, 3.63) is 0 Å². The highest BCUT2D eigenvalue weighted by atomic mass is 16.4. The summed E-state index contributed by atoms with van der Waals surface area (Å²) in [4.78, 5) is 25.5. The van der Waals surface area contributed by atoms with Crippen LogP contribution in [0.4, 0.5) is 0 Å². The summed E-state index contributed by atoms with van der Waals surface area (Å²) in [6.07, 6.45) is 4.77. The van der Waals surface area contributed by atoms with Gasteiger partial charge < -0.3 is 15.7 Å². The minimum absolute atomic E-state index is 0.0320. The van der Waals surface area contributed by atoms with Crippen molar-refractivity contribution in [2.75, 3.05) is 0 Å². The van der Waals surface area contributed by atoms with Gasteiger partial charge in [0, 0.05) is 6.04 Å². The van der Waals surface area contributed by atoms with Gasteiger partial charge in [-0.15, -0.1) is 0 Å². The van der Waals surface area contributed by atoms with Gasteiger partial charge in [0.1, 0.15) is 6.04 Å². The summed E-state index contributed by atoms with van der Waals surface area (Å²) in [7, 11) is 0. The minimum atomic E-state index is -0.890. The van der Waals surface area contributed by atoms with Gasteiger partial charge in [0.25, 0.3) is 0 Å². The molecular weight excluding hydrogens is 244 g/mol. The van der Waals surface area contributed by atoms with E-state index < -0.39 is 18.1 Å². The molecule has 0 bridgehead atoms. The van der Waals surface area contributed by atoms with Gasteiger partial charge in [-0.3, -0.25) is 4.79 Å². The van der Waals surface area contributed by atoms with Crippen LogP contribution < -0.4 is 5.73 Å². The predicted molar refractivity (Wildman–Crippen MR) is 71.4 cm³/mol. The van der Waals surface area contributed by atoms with E-state index in [1.165, 1.54) is 0 Å². The Hall–Kier alpha value is -1.10. The molecule has 5 heteroatoms. The van der Waals surface area contributed by atoms with Crippen molar-refractivity contribution in [3.8, 4) is 0 Å². The zero-order valence-electron chi connectivity index (χ0n) is 11.7. The standard InChI is InChI=1S/C14H24N2O3/c1-8(2)12(15)13(17)16-10-6-4-3-5-9(10)7-11(16)14(18)19/h8-12H,3-7,15H2,1-2H3,(H,18,19)/t9?,10?,11?,12-/m1/s1. The summed E-state index contributed by atoms with van der Waals surface area (Å²) in [5.41, 5.74) is 5.94. The number of aliphatic carboxylic acids is 1. The number of carboxylic acids is 1. The summed E-state index contributed by atoms with van der Waals surface area (Å²) in [6.45, 7) is 3.79. The molecule has 0 aromatic rings. The van der Waals surface area contributed by atoms with Crippen molar-refractivity contribution in [2.45, 2.75) is 64.1 Å². The maximum absolute atomic E-state index is 12.5. The van der Waals surface area contributed by atoms with Gasteiger partial charge in [-0.1, -0.05) is 26.7 Å². The van der Waals surface area contributed by atoms with Crippen molar-refractivity contribution in [1.29, 1.82) is 0 Å². The summed E-state index contributed by atoms with van der Waals surface area (Å²) in [5.74, 6) is -0.696. The van der Waals surface area contributed by atoms with Crippen LogP contribution in [0.15, 0.2) is 0 Å². The summed E-state index contributed by atoms with van der Waals surface area (Å²) in [5, 5.41) is 9.37. The number of hydrogen-bond acceptors (Lipinski definition) is 3. The molecule has 19 heavy (non-hydrogen) atoms. The number of carboxylic acid groups (broad SMARTS) is 1. The molecule has 2 rings (SSSR count). The molecule has 5 nitrogen and oxygen atoms in total.